The van der Waals surface area contributed by atoms with E-state index in [9.17, 15) is 4.39 Å². The number of rotatable bonds is 1. The van der Waals surface area contributed by atoms with E-state index in [1.165, 1.54) is 38.5 Å². The minimum Gasteiger partial charge on any atom is -0.370 e. The van der Waals surface area contributed by atoms with Crippen LogP contribution in [0.5, 0.6) is 0 Å². The smallest absolute Gasteiger partial charge is 0.137 e. The van der Waals surface area contributed by atoms with Crippen LogP contribution in [0.25, 0.3) is 0 Å². The van der Waals surface area contributed by atoms with Gasteiger partial charge in [0.25, 0.3) is 0 Å². The van der Waals surface area contributed by atoms with Crippen LogP contribution >= 0.6 is 15.9 Å². The average Bonchev–Trinajstić information content (AvgIpc) is 2.56. The van der Waals surface area contributed by atoms with Gasteiger partial charge < -0.3 is 4.90 Å². The highest BCUT2D eigenvalue weighted by Crippen LogP contribution is 2.44. The predicted octanol–water partition coefficient (Wildman–Crippen LogP) is 4.75. The molecule has 1 aliphatic heterocycles. The molecule has 3 rings (SSSR count). The lowest BCUT2D eigenvalue weighted by atomic mass is 9.73. The van der Waals surface area contributed by atoms with Gasteiger partial charge in [-0.1, -0.05) is 25.7 Å². The van der Waals surface area contributed by atoms with Gasteiger partial charge in [0.05, 0.1) is 4.47 Å². The predicted molar refractivity (Wildman–Crippen MR) is 76.4 cm³/mol. The maximum atomic E-state index is 13.2. The second-order valence-electron chi connectivity index (χ2n) is 5.87. The third-order valence-corrected chi connectivity index (χ3v) is 5.09. The Morgan fingerprint density at radius 3 is 2.33 bits per heavy atom. The van der Waals surface area contributed by atoms with Crippen molar-refractivity contribution in [1.29, 1.82) is 0 Å². The van der Waals surface area contributed by atoms with Gasteiger partial charge in [0.2, 0.25) is 0 Å². The molecule has 1 saturated carbocycles. The molecule has 0 bridgehead atoms. The van der Waals surface area contributed by atoms with Gasteiger partial charge in [-0.3, -0.25) is 0 Å². The molecule has 0 radical (unpaired) electrons. The summed E-state index contributed by atoms with van der Waals surface area (Å²) in [5.74, 6) is -0.177. The van der Waals surface area contributed by atoms with Crippen molar-refractivity contribution in [2.75, 3.05) is 18.0 Å². The second-order valence-corrected chi connectivity index (χ2v) is 6.72. The molecule has 1 spiro atoms. The molecular formula is C15H19BrFN. The third-order valence-electron chi connectivity index (χ3n) is 4.49. The van der Waals surface area contributed by atoms with Crippen molar-refractivity contribution in [3.05, 3.63) is 28.5 Å². The molecule has 1 heterocycles. The van der Waals surface area contributed by atoms with E-state index in [0.717, 1.165) is 18.8 Å². The van der Waals surface area contributed by atoms with Crippen LogP contribution in [0.4, 0.5) is 10.1 Å². The Balaban J connectivity index is 1.68. The fourth-order valence-corrected chi connectivity index (χ4v) is 3.79. The molecule has 0 amide bonds. The van der Waals surface area contributed by atoms with Crippen LogP contribution < -0.4 is 4.90 Å². The highest BCUT2D eigenvalue weighted by Gasteiger charge is 2.42. The zero-order valence-electron chi connectivity index (χ0n) is 10.6. The summed E-state index contributed by atoms with van der Waals surface area (Å²) in [6, 6.07) is 5.35. The van der Waals surface area contributed by atoms with E-state index in [1.807, 2.05) is 12.1 Å². The van der Waals surface area contributed by atoms with Gasteiger partial charge in [0, 0.05) is 24.2 Å². The lowest BCUT2D eigenvalue weighted by Crippen LogP contribution is -2.56. The fraction of sp³-hybridized carbons (Fsp3) is 0.600. The van der Waals surface area contributed by atoms with Crippen LogP contribution in [0, 0.1) is 11.2 Å². The Bertz CT molecular complexity index is 430. The zero-order chi connectivity index (χ0) is 12.6. The molecule has 1 aromatic rings. The monoisotopic (exact) mass is 311 g/mol. The van der Waals surface area contributed by atoms with Crippen molar-refractivity contribution in [2.24, 2.45) is 5.41 Å². The van der Waals surface area contributed by atoms with Gasteiger partial charge in [-0.25, -0.2) is 4.39 Å². The van der Waals surface area contributed by atoms with Crippen molar-refractivity contribution in [3.63, 3.8) is 0 Å². The summed E-state index contributed by atoms with van der Waals surface area (Å²) in [6.45, 7) is 2.32. The minimum absolute atomic E-state index is 0.177. The Hall–Kier alpha value is -0.570. The standard InChI is InChI=1S/C15H19BrFN/c16-13-9-12(5-6-14(13)17)18-10-15(11-18)7-3-1-2-4-8-15/h5-6,9H,1-4,7-8,10-11H2. The van der Waals surface area contributed by atoms with Crippen LogP contribution in [-0.2, 0) is 0 Å². The fourth-order valence-electron chi connectivity index (χ4n) is 3.42. The molecule has 1 aliphatic carbocycles. The molecule has 3 heteroatoms. The second kappa shape index (κ2) is 4.84. The Morgan fingerprint density at radius 1 is 1.06 bits per heavy atom. The van der Waals surface area contributed by atoms with Crippen LogP contribution in [0.15, 0.2) is 22.7 Å². The number of halogens is 2. The van der Waals surface area contributed by atoms with Gasteiger partial charge >= 0.3 is 0 Å². The minimum atomic E-state index is -0.177. The van der Waals surface area contributed by atoms with Crippen LogP contribution in [0.3, 0.4) is 0 Å². The molecule has 1 saturated heterocycles. The topological polar surface area (TPSA) is 3.24 Å². The van der Waals surface area contributed by atoms with Crippen LogP contribution in [-0.4, -0.2) is 13.1 Å². The van der Waals surface area contributed by atoms with Crippen LogP contribution in [0.1, 0.15) is 38.5 Å². The number of benzene rings is 1. The summed E-state index contributed by atoms with van der Waals surface area (Å²) in [4.78, 5) is 2.38. The van der Waals surface area contributed by atoms with E-state index in [-0.39, 0.29) is 5.82 Å². The Kier molecular flexibility index (Phi) is 3.35. The van der Waals surface area contributed by atoms with E-state index >= 15 is 0 Å². The van der Waals surface area contributed by atoms with Gasteiger partial charge in [-0.15, -0.1) is 0 Å². The van der Waals surface area contributed by atoms with Gasteiger partial charge in [0.1, 0.15) is 5.82 Å². The average molecular weight is 312 g/mol. The zero-order valence-corrected chi connectivity index (χ0v) is 12.2. The quantitative estimate of drug-likeness (QED) is 0.723. The molecule has 1 aromatic carbocycles. The molecule has 2 aliphatic rings. The first-order valence-electron chi connectivity index (χ1n) is 6.89. The summed E-state index contributed by atoms with van der Waals surface area (Å²) in [5.41, 5.74) is 1.72. The van der Waals surface area contributed by atoms with Gasteiger partial charge in [0.15, 0.2) is 0 Å². The molecule has 2 fully saturated rings. The van der Waals surface area contributed by atoms with E-state index in [2.05, 4.69) is 20.8 Å². The first kappa shape index (κ1) is 12.5. The first-order valence-corrected chi connectivity index (χ1v) is 7.68. The Labute approximate surface area is 116 Å². The maximum absolute atomic E-state index is 13.2. The highest BCUT2D eigenvalue weighted by molar-refractivity contribution is 9.10. The number of hydrogen-bond donors (Lipinski definition) is 0. The van der Waals surface area contributed by atoms with Crippen molar-refractivity contribution < 1.29 is 4.39 Å². The molecule has 1 nitrogen and oxygen atoms in total. The Morgan fingerprint density at radius 2 is 1.72 bits per heavy atom. The maximum Gasteiger partial charge on any atom is 0.137 e. The highest BCUT2D eigenvalue weighted by atomic mass is 79.9. The summed E-state index contributed by atoms with van der Waals surface area (Å²) >= 11 is 3.27. The van der Waals surface area contributed by atoms with Crippen molar-refractivity contribution in [1.82, 2.24) is 0 Å². The van der Waals surface area contributed by atoms with E-state index < -0.39 is 0 Å². The molecule has 0 atom stereocenters. The summed E-state index contributed by atoms with van der Waals surface area (Å²) in [7, 11) is 0. The number of hydrogen-bond acceptors (Lipinski definition) is 1. The molecule has 98 valence electrons. The van der Waals surface area contributed by atoms with Crippen molar-refractivity contribution >= 4 is 21.6 Å². The largest absolute Gasteiger partial charge is 0.370 e. The molecular weight excluding hydrogens is 293 g/mol. The van der Waals surface area contributed by atoms with Crippen molar-refractivity contribution in [3.8, 4) is 0 Å². The number of anilines is 1. The van der Waals surface area contributed by atoms with Crippen LogP contribution in [0.2, 0.25) is 0 Å². The van der Waals surface area contributed by atoms with E-state index in [4.69, 9.17) is 0 Å². The van der Waals surface area contributed by atoms with Gasteiger partial charge in [-0.2, -0.15) is 0 Å². The molecule has 0 N–H and O–H groups in total. The number of nitrogens with zero attached hydrogens (tertiary/aromatic N) is 1. The summed E-state index contributed by atoms with van der Waals surface area (Å²) < 4.78 is 13.8. The third kappa shape index (κ3) is 2.29. The summed E-state index contributed by atoms with van der Waals surface area (Å²) in [5, 5.41) is 0. The lowest BCUT2D eigenvalue weighted by molar-refractivity contribution is 0.180. The first-order chi connectivity index (χ1) is 8.69. The van der Waals surface area contributed by atoms with E-state index in [0.29, 0.717) is 9.89 Å². The van der Waals surface area contributed by atoms with E-state index in [1.54, 1.807) is 6.07 Å². The molecule has 0 unspecified atom stereocenters. The lowest BCUT2D eigenvalue weighted by Gasteiger charge is -2.51. The molecule has 18 heavy (non-hydrogen) atoms. The SMILES string of the molecule is Fc1ccc(N2CC3(CCCCCC3)C2)cc1Br. The summed E-state index contributed by atoms with van der Waals surface area (Å²) in [6.07, 6.45) is 8.35. The van der Waals surface area contributed by atoms with Gasteiger partial charge in [-0.05, 0) is 47.0 Å². The molecule has 0 aromatic heterocycles. The van der Waals surface area contributed by atoms with Crippen molar-refractivity contribution in [2.45, 2.75) is 38.5 Å². The normalized spacial score (nSPS) is 22.7.